The highest BCUT2D eigenvalue weighted by atomic mass is 16.4. The molecule has 1 saturated carbocycles. The third kappa shape index (κ3) is 3.82. The van der Waals surface area contributed by atoms with Gasteiger partial charge in [-0.15, -0.1) is 0 Å². The van der Waals surface area contributed by atoms with Gasteiger partial charge < -0.3 is 25.0 Å². The molecule has 2 fully saturated rings. The first-order chi connectivity index (χ1) is 14.8. The molecule has 0 spiro atoms. The lowest BCUT2D eigenvalue weighted by Gasteiger charge is -2.37. The topological polar surface area (TPSA) is 96.9 Å². The predicted octanol–water partition coefficient (Wildman–Crippen LogP) is 3.17. The van der Waals surface area contributed by atoms with Crippen LogP contribution in [0.4, 0.5) is 5.69 Å². The van der Waals surface area contributed by atoms with Crippen LogP contribution in [0, 0.1) is 11.8 Å². The summed E-state index contributed by atoms with van der Waals surface area (Å²) < 4.78 is 0. The van der Waals surface area contributed by atoms with Crippen LogP contribution in [0.15, 0.2) is 29.1 Å². The van der Waals surface area contributed by atoms with Crippen molar-refractivity contribution in [1.82, 2.24) is 9.88 Å². The molecule has 31 heavy (non-hydrogen) atoms. The second kappa shape index (κ2) is 8.38. The van der Waals surface area contributed by atoms with Crippen LogP contribution in [0.1, 0.15) is 42.1 Å². The van der Waals surface area contributed by atoms with Crippen molar-refractivity contribution in [2.45, 2.75) is 38.6 Å². The fraction of sp³-hybridized carbons (Fsp3) is 0.500. The SMILES string of the molecule is CCc1c(-c2ccc(N3C[C@H]4CCC[C@@H](N(C)C)[C@H]4C3)cc2)[nH]c(=O)c(C(=O)O)c1O. The zero-order valence-corrected chi connectivity index (χ0v) is 18.4. The fourth-order valence-corrected chi connectivity index (χ4v) is 5.55. The van der Waals surface area contributed by atoms with Crippen molar-refractivity contribution in [3.8, 4) is 17.0 Å². The molecule has 7 nitrogen and oxygen atoms in total. The number of benzene rings is 1. The van der Waals surface area contributed by atoms with Crippen molar-refractivity contribution >= 4 is 11.7 Å². The monoisotopic (exact) mass is 425 g/mol. The summed E-state index contributed by atoms with van der Waals surface area (Å²) in [5, 5.41) is 19.6. The van der Waals surface area contributed by atoms with Gasteiger partial charge in [0.05, 0.1) is 5.69 Å². The Balaban J connectivity index is 1.61. The summed E-state index contributed by atoms with van der Waals surface area (Å²) in [6.07, 6.45) is 4.25. The molecule has 166 valence electrons. The first-order valence-corrected chi connectivity index (χ1v) is 11.0. The van der Waals surface area contributed by atoms with Gasteiger partial charge in [0.1, 0.15) is 5.75 Å². The van der Waals surface area contributed by atoms with Gasteiger partial charge in [0.2, 0.25) is 0 Å². The van der Waals surface area contributed by atoms with E-state index in [1.54, 1.807) is 0 Å². The number of hydrogen-bond acceptors (Lipinski definition) is 5. The molecule has 2 aromatic rings. The van der Waals surface area contributed by atoms with Gasteiger partial charge in [0.15, 0.2) is 5.56 Å². The Morgan fingerprint density at radius 3 is 2.52 bits per heavy atom. The Morgan fingerprint density at radius 2 is 1.90 bits per heavy atom. The average Bonchev–Trinajstić information content (AvgIpc) is 3.17. The molecule has 0 bridgehead atoms. The Bertz CT molecular complexity index is 1030. The summed E-state index contributed by atoms with van der Waals surface area (Å²) in [5.41, 5.74) is 1.43. The third-order valence-corrected chi connectivity index (χ3v) is 7.10. The van der Waals surface area contributed by atoms with Crippen LogP contribution < -0.4 is 10.5 Å². The summed E-state index contributed by atoms with van der Waals surface area (Å²) in [5.74, 6) is -0.464. The number of H-pyrrole nitrogens is 1. The Kier molecular flexibility index (Phi) is 5.79. The van der Waals surface area contributed by atoms with E-state index in [0.717, 1.165) is 30.3 Å². The standard InChI is InChI=1S/C24H31N3O4/c1-4-17-21(25-23(29)20(22(17)28)24(30)31)14-8-10-16(11-9-14)27-12-15-6-5-7-19(26(2)3)18(15)13-27/h8-11,15,18-19H,4-7,12-13H2,1-3H3,(H,30,31)(H2,25,28,29)/t15-,18+,19-/m1/s1. The van der Waals surface area contributed by atoms with Crippen LogP contribution in [0.25, 0.3) is 11.3 Å². The fourth-order valence-electron chi connectivity index (χ4n) is 5.55. The minimum atomic E-state index is -1.43. The summed E-state index contributed by atoms with van der Waals surface area (Å²) in [6, 6.07) is 8.61. The van der Waals surface area contributed by atoms with Gasteiger partial charge in [-0.25, -0.2) is 4.79 Å². The predicted molar refractivity (Wildman–Crippen MR) is 121 cm³/mol. The number of carboxylic acids is 1. The molecular formula is C24H31N3O4. The van der Waals surface area contributed by atoms with Crippen LogP contribution in [0.2, 0.25) is 0 Å². The molecule has 2 aliphatic rings. The molecule has 2 heterocycles. The smallest absolute Gasteiger partial charge is 0.345 e. The van der Waals surface area contributed by atoms with Crippen molar-refractivity contribution in [2.75, 3.05) is 32.1 Å². The summed E-state index contributed by atoms with van der Waals surface area (Å²) >= 11 is 0. The summed E-state index contributed by atoms with van der Waals surface area (Å²) in [4.78, 5) is 31.1. The molecule has 1 aromatic carbocycles. The number of anilines is 1. The molecule has 1 aromatic heterocycles. The van der Waals surface area contributed by atoms with Gasteiger partial charge >= 0.3 is 5.97 Å². The molecule has 1 saturated heterocycles. The van der Waals surface area contributed by atoms with Crippen molar-refractivity contribution in [3.63, 3.8) is 0 Å². The Morgan fingerprint density at radius 1 is 1.19 bits per heavy atom. The van der Waals surface area contributed by atoms with E-state index in [0.29, 0.717) is 29.6 Å². The molecule has 0 radical (unpaired) electrons. The quantitative estimate of drug-likeness (QED) is 0.681. The number of fused-ring (bicyclic) bond motifs is 1. The van der Waals surface area contributed by atoms with E-state index < -0.39 is 22.8 Å². The molecule has 7 heteroatoms. The first-order valence-electron chi connectivity index (χ1n) is 11.0. The van der Waals surface area contributed by atoms with Gasteiger partial charge in [-0.3, -0.25) is 4.79 Å². The maximum absolute atomic E-state index is 12.2. The molecule has 0 unspecified atom stereocenters. The molecule has 1 aliphatic heterocycles. The number of nitrogens with zero attached hydrogens (tertiary/aromatic N) is 2. The van der Waals surface area contributed by atoms with E-state index in [9.17, 15) is 19.8 Å². The summed E-state index contributed by atoms with van der Waals surface area (Å²) in [7, 11) is 4.36. The lowest BCUT2D eigenvalue weighted by atomic mass is 9.77. The summed E-state index contributed by atoms with van der Waals surface area (Å²) in [6.45, 7) is 3.95. The maximum atomic E-state index is 12.2. The lowest BCUT2D eigenvalue weighted by molar-refractivity contribution is 0.0691. The number of nitrogens with one attached hydrogen (secondary N) is 1. The van der Waals surface area contributed by atoms with Crippen LogP contribution in [0.3, 0.4) is 0 Å². The minimum Gasteiger partial charge on any atom is -0.506 e. The third-order valence-electron chi connectivity index (χ3n) is 7.10. The van der Waals surface area contributed by atoms with Crippen LogP contribution >= 0.6 is 0 Å². The van der Waals surface area contributed by atoms with Crippen molar-refractivity contribution < 1.29 is 15.0 Å². The number of carbonyl (C=O) groups is 1. The highest BCUT2D eigenvalue weighted by Crippen LogP contribution is 2.40. The van der Waals surface area contributed by atoms with Gasteiger partial charge in [0, 0.05) is 30.4 Å². The highest BCUT2D eigenvalue weighted by molar-refractivity contribution is 5.92. The first kappa shape index (κ1) is 21.4. The minimum absolute atomic E-state index is 0.404. The number of hydrogen-bond donors (Lipinski definition) is 3. The van der Waals surface area contributed by atoms with E-state index in [1.165, 1.54) is 19.3 Å². The number of pyridine rings is 1. The normalized spacial score (nSPS) is 23.2. The van der Waals surface area contributed by atoms with E-state index in [4.69, 9.17) is 0 Å². The zero-order valence-electron chi connectivity index (χ0n) is 18.4. The second-order valence-electron chi connectivity index (χ2n) is 9.03. The van der Waals surface area contributed by atoms with E-state index in [2.05, 4.69) is 41.0 Å². The lowest BCUT2D eigenvalue weighted by Crippen LogP contribution is -2.41. The number of aromatic nitrogens is 1. The highest BCUT2D eigenvalue weighted by Gasteiger charge is 2.41. The molecule has 0 amide bonds. The Hall–Kier alpha value is -2.80. The molecule has 4 rings (SSSR count). The van der Waals surface area contributed by atoms with Crippen LogP contribution in [-0.2, 0) is 6.42 Å². The van der Waals surface area contributed by atoms with Crippen molar-refractivity contribution in [3.05, 3.63) is 45.7 Å². The van der Waals surface area contributed by atoms with Gasteiger partial charge in [-0.05, 0) is 62.9 Å². The number of aromatic hydroxyl groups is 1. The van der Waals surface area contributed by atoms with Gasteiger partial charge in [-0.1, -0.05) is 25.5 Å². The van der Waals surface area contributed by atoms with E-state index in [1.807, 2.05) is 19.1 Å². The number of aromatic carboxylic acids is 1. The zero-order chi connectivity index (χ0) is 22.3. The number of rotatable bonds is 5. The number of carboxylic acid groups (broad SMARTS) is 1. The van der Waals surface area contributed by atoms with Crippen molar-refractivity contribution in [1.29, 1.82) is 0 Å². The number of aromatic amines is 1. The maximum Gasteiger partial charge on any atom is 0.345 e. The van der Waals surface area contributed by atoms with Gasteiger partial charge in [0.25, 0.3) is 5.56 Å². The molecule has 3 N–H and O–H groups in total. The average molecular weight is 426 g/mol. The van der Waals surface area contributed by atoms with E-state index in [-0.39, 0.29) is 0 Å². The largest absolute Gasteiger partial charge is 0.506 e. The Labute approximate surface area is 182 Å². The second-order valence-corrected chi connectivity index (χ2v) is 9.03. The molecular weight excluding hydrogens is 394 g/mol. The van der Waals surface area contributed by atoms with Crippen LogP contribution in [-0.4, -0.2) is 59.3 Å². The van der Waals surface area contributed by atoms with Crippen LogP contribution in [0.5, 0.6) is 5.75 Å². The van der Waals surface area contributed by atoms with E-state index >= 15 is 0 Å². The van der Waals surface area contributed by atoms with Crippen molar-refractivity contribution in [2.24, 2.45) is 11.8 Å². The molecule has 3 atom stereocenters. The molecule has 1 aliphatic carbocycles. The van der Waals surface area contributed by atoms with Gasteiger partial charge in [-0.2, -0.15) is 0 Å².